The van der Waals surface area contributed by atoms with Gasteiger partial charge in [0.05, 0.1) is 33.0 Å². The summed E-state index contributed by atoms with van der Waals surface area (Å²) in [6.07, 6.45) is 1.60. The van der Waals surface area contributed by atoms with Gasteiger partial charge in [-0.25, -0.2) is 0 Å². The first-order chi connectivity index (χ1) is 16.1. The molecule has 2 aromatic rings. The fourth-order valence-electron chi connectivity index (χ4n) is 4.34. The van der Waals surface area contributed by atoms with E-state index in [2.05, 4.69) is 10.2 Å². The molecular weight excluding hydrogens is 422 g/mol. The second-order valence-electron chi connectivity index (χ2n) is 8.26. The van der Waals surface area contributed by atoms with Crippen molar-refractivity contribution in [3.63, 3.8) is 0 Å². The van der Waals surface area contributed by atoms with Crippen LogP contribution in [0.25, 0.3) is 0 Å². The molecule has 2 aliphatic heterocycles. The van der Waals surface area contributed by atoms with Crippen LogP contribution in [0.4, 0.5) is 5.69 Å². The number of nitrogens with one attached hydrogen (secondary N) is 1. The molecule has 0 unspecified atom stereocenters. The molecule has 2 amide bonds. The van der Waals surface area contributed by atoms with Crippen molar-refractivity contribution in [1.29, 1.82) is 0 Å². The van der Waals surface area contributed by atoms with Crippen molar-refractivity contribution >= 4 is 17.5 Å². The van der Waals surface area contributed by atoms with E-state index < -0.39 is 0 Å². The monoisotopic (exact) mass is 453 g/mol. The van der Waals surface area contributed by atoms with Gasteiger partial charge in [0, 0.05) is 49.5 Å². The number of morpholine rings is 1. The van der Waals surface area contributed by atoms with Crippen molar-refractivity contribution in [3.8, 4) is 11.5 Å². The van der Waals surface area contributed by atoms with Gasteiger partial charge in [-0.2, -0.15) is 0 Å². The zero-order chi connectivity index (χ0) is 23.2. The van der Waals surface area contributed by atoms with Crippen molar-refractivity contribution in [2.24, 2.45) is 0 Å². The topological polar surface area (TPSA) is 80.3 Å². The molecule has 176 valence electrons. The van der Waals surface area contributed by atoms with E-state index in [1.165, 1.54) is 0 Å². The summed E-state index contributed by atoms with van der Waals surface area (Å²) in [5.41, 5.74) is 2.19. The Morgan fingerprint density at radius 2 is 1.58 bits per heavy atom. The predicted molar refractivity (Wildman–Crippen MR) is 125 cm³/mol. The van der Waals surface area contributed by atoms with Crippen molar-refractivity contribution in [2.45, 2.75) is 18.9 Å². The second kappa shape index (κ2) is 10.6. The van der Waals surface area contributed by atoms with Crippen molar-refractivity contribution in [1.82, 2.24) is 10.2 Å². The van der Waals surface area contributed by atoms with Crippen molar-refractivity contribution < 1.29 is 23.8 Å². The number of carbonyl (C=O) groups excluding carboxylic acids is 2. The molecule has 0 radical (unpaired) electrons. The highest BCUT2D eigenvalue weighted by Gasteiger charge is 2.26. The molecule has 2 fully saturated rings. The standard InChI is InChI=1S/C25H31N3O5/c1-31-20-15-18(16-21(17-20)32-2)24(29)26-19-7-9-27(10-8-19)23-6-4-3-5-22(23)25(30)28-11-13-33-14-12-28/h3-6,15-17,19H,7-14H2,1-2H3,(H,26,29). The summed E-state index contributed by atoms with van der Waals surface area (Å²) in [5.74, 6) is 1.07. The number of piperidine rings is 1. The first-order valence-corrected chi connectivity index (χ1v) is 11.3. The lowest BCUT2D eigenvalue weighted by molar-refractivity contribution is 0.0303. The van der Waals surface area contributed by atoms with E-state index >= 15 is 0 Å². The average molecular weight is 454 g/mol. The summed E-state index contributed by atoms with van der Waals surface area (Å²) in [6.45, 7) is 3.93. The summed E-state index contributed by atoms with van der Waals surface area (Å²) in [7, 11) is 3.13. The highest BCUT2D eigenvalue weighted by atomic mass is 16.5. The van der Waals surface area contributed by atoms with E-state index in [9.17, 15) is 9.59 Å². The molecule has 0 atom stereocenters. The molecule has 4 rings (SSSR count). The number of para-hydroxylation sites is 1. The van der Waals surface area contributed by atoms with Crippen molar-refractivity contribution in [2.75, 3.05) is 58.5 Å². The number of methoxy groups -OCH3 is 2. The minimum atomic E-state index is -0.145. The maximum absolute atomic E-state index is 13.1. The highest BCUT2D eigenvalue weighted by Crippen LogP contribution is 2.27. The van der Waals surface area contributed by atoms with Gasteiger partial charge in [0.15, 0.2) is 0 Å². The maximum Gasteiger partial charge on any atom is 0.256 e. The Labute approximate surface area is 194 Å². The quantitative estimate of drug-likeness (QED) is 0.724. The lowest BCUT2D eigenvalue weighted by atomic mass is 10.0. The van der Waals surface area contributed by atoms with Gasteiger partial charge >= 0.3 is 0 Å². The Balaban J connectivity index is 1.39. The first-order valence-electron chi connectivity index (χ1n) is 11.3. The molecule has 2 saturated heterocycles. The molecule has 1 N–H and O–H groups in total. The Morgan fingerprint density at radius 3 is 2.21 bits per heavy atom. The third kappa shape index (κ3) is 5.39. The SMILES string of the molecule is COc1cc(OC)cc(C(=O)NC2CCN(c3ccccc3C(=O)N3CCOCC3)CC2)c1. The van der Waals surface area contributed by atoms with E-state index in [0.717, 1.165) is 37.2 Å². The van der Waals surface area contributed by atoms with Crippen molar-refractivity contribution in [3.05, 3.63) is 53.6 Å². The summed E-state index contributed by atoms with van der Waals surface area (Å²) < 4.78 is 15.9. The smallest absolute Gasteiger partial charge is 0.256 e. The summed E-state index contributed by atoms with van der Waals surface area (Å²) in [5, 5.41) is 3.13. The molecule has 2 aliphatic rings. The molecule has 2 aromatic carbocycles. The van der Waals surface area contributed by atoms with Crippen LogP contribution in [0.15, 0.2) is 42.5 Å². The molecule has 8 nitrogen and oxygen atoms in total. The number of rotatable bonds is 6. The van der Waals surface area contributed by atoms with E-state index in [0.29, 0.717) is 43.4 Å². The third-order valence-corrected chi connectivity index (χ3v) is 6.22. The van der Waals surface area contributed by atoms with Crippen LogP contribution in [0.3, 0.4) is 0 Å². The molecule has 0 bridgehead atoms. The minimum Gasteiger partial charge on any atom is -0.497 e. The zero-order valence-corrected chi connectivity index (χ0v) is 19.2. The van der Waals surface area contributed by atoms with Crippen LogP contribution in [-0.2, 0) is 4.74 Å². The first kappa shape index (κ1) is 22.9. The third-order valence-electron chi connectivity index (χ3n) is 6.22. The molecule has 0 spiro atoms. The van der Waals surface area contributed by atoms with E-state index in [1.807, 2.05) is 29.2 Å². The summed E-state index contributed by atoms with van der Waals surface area (Å²) in [4.78, 5) is 30.0. The van der Waals surface area contributed by atoms with Gasteiger partial charge in [0.25, 0.3) is 11.8 Å². The largest absolute Gasteiger partial charge is 0.497 e. The van der Waals surface area contributed by atoms with Crippen LogP contribution in [-0.4, -0.2) is 76.4 Å². The number of ether oxygens (including phenoxy) is 3. The van der Waals surface area contributed by atoms with Crippen LogP contribution in [0.5, 0.6) is 11.5 Å². The lowest BCUT2D eigenvalue weighted by Crippen LogP contribution is -2.45. The van der Waals surface area contributed by atoms with Gasteiger partial charge in [0.2, 0.25) is 0 Å². The van der Waals surface area contributed by atoms with Crippen LogP contribution in [0, 0.1) is 0 Å². The minimum absolute atomic E-state index is 0.0521. The number of hydrogen-bond donors (Lipinski definition) is 1. The van der Waals surface area contributed by atoms with Crippen LogP contribution in [0.1, 0.15) is 33.6 Å². The number of carbonyl (C=O) groups is 2. The molecule has 0 aliphatic carbocycles. The zero-order valence-electron chi connectivity index (χ0n) is 19.2. The molecule has 2 heterocycles. The molecule has 33 heavy (non-hydrogen) atoms. The van der Waals surface area contributed by atoms with E-state index in [4.69, 9.17) is 14.2 Å². The van der Waals surface area contributed by atoms with Gasteiger partial charge < -0.3 is 29.3 Å². The maximum atomic E-state index is 13.1. The average Bonchev–Trinajstić information content (AvgIpc) is 2.88. The Bertz CT molecular complexity index is 960. The Morgan fingerprint density at radius 1 is 0.939 bits per heavy atom. The van der Waals surface area contributed by atoms with Gasteiger partial charge in [-0.05, 0) is 37.1 Å². The number of amides is 2. The van der Waals surface area contributed by atoms with Crippen LogP contribution >= 0.6 is 0 Å². The fourth-order valence-corrected chi connectivity index (χ4v) is 4.34. The molecule has 0 aromatic heterocycles. The predicted octanol–water partition coefficient (Wildman–Crippen LogP) is 2.58. The van der Waals surface area contributed by atoms with E-state index in [1.54, 1.807) is 32.4 Å². The lowest BCUT2D eigenvalue weighted by Gasteiger charge is -2.36. The van der Waals surface area contributed by atoms with Gasteiger partial charge in [-0.3, -0.25) is 9.59 Å². The van der Waals surface area contributed by atoms with Gasteiger partial charge in [0.1, 0.15) is 11.5 Å². The van der Waals surface area contributed by atoms with Gasteiger partial charge in [-0.1, -0.05) is 12.1 Å². The van der Waals surface area contributed by atoms with Crippen LogP contribution in [0.2, 0.25) is 0 Å². The van der Waals surface area contributed by atoms with E-state index in [-0.39, 0.29) is 17.9 Å². The summed E-state index contributed by atoms with van der Waals surface area (Å²) in [6, 6.07) is 13.0. The summed E-state index contributed by atoms with van der Waals surface area (Å²) >= 11 is 0. The Hall–Kier alpha value is -3.26. The normalized spacial score (nSPS) is 16.9. The van der Waals surface area contributed by atoms with Crippen LogP contribution < -0.4 is 19.7 Å². The highest BCUT2D eigenvalue weighted by molar-refractivity contribution is 6.00. The van der Waals surface area contributed by atoms with Gasteiger partial charge in [-0.15, -0.1) is 0 Å². The fraction of sp³-hybridized carbons (Fsp3) is 0.440. The molecule has 0 saturated carbocycles. The number of benzene rings is 2. The number of nitrogens with zero attached hydrogens (tertiary/aromatic N) is 2. The molecular formula is C25H31N3O5. The number of hydrogen-bond acceptors (Lipinski definition) is 6. The number of anilines is 1. The Kier molecular flexibility index (Phi) is 7.34. The second-order valence-corrected chi connectivity index (χ2v) is 8.26. The molecule has 8 heteroatoms.